The van der Waals surface area contributed by atoms with E-state index in [0.717, 1.165) is 28.4 Å². The molecule has 3 aliphatic rings. The van der Waals surface area contributed by atoms with Gasteiger partial charge in [-0.15, -0.1) is 0 Å². The second-order valence-corrected chi connectivity index (χ2v) is 13.4. The van der Waals surface area contributed by atoms with Crippen molar-refractivity contribution in [2.24, 2.45) is 5.10 Å². The summed E-state index contributed by atoms with van der Waals surface area (Å²) in [4.78, 5) is 9.16. The normalized spacial score (nSPS) is 15.5. The van der Waals surface area contributed by atoms with Gasteiger partial charge in [0.05, 0.1) is 0 Å². The van der Waals surface area contributed by atoms with E-state index in [0.29, 0.717) is 0 Å². The number of para-hydroxylation sites is 1. The van der Waals surface area contributed by atoms with Crippen molar-refractivity contribution in [2.75, 3.05) is 28.9 Å². The topological polar surface area (TPSA) is 28.6 Å². The molecular formula is C37H30N6Pt. The molecule has 4 bridgehead atoms. The Labute approximate surface area is 265 Å². The summed E-state index contributed by atoms with van der Waals surface area (Å²) in [6, 6.07) is 45.7. The van der Waals surface area contributed by atoms with Crippen LogP contribution >= 0.6 is 0 Å². The molecule has 5 aromatic carbocycles. The standard InChI is InChI=1S/C37H30N6.Pt/c1-39-22-23-41(27-39)31-16-9-18-33(24-31)43(34-19-10-17-32(25-34)42-28-40(2)26-38-42)37-35(29-12-5-3-6-13-29)20-11-21-36(37)30-14-7-4-8-15-30;/h3-26H,1-2H3;. The molecule has 0 radical (unpaired) electrons. The van der Waals surface area contributed by atoms with Crippen LogP contribution in [0.1, 0.15) is 0 Å². The van der Waals surface area contributed by atoms with Gasteiger partial charge in [0.1, 0.15) is 0 Å². The van der Waals surface area contributed by atoms with Crippen LogP contribution in [0.25, 0.3) is 22.3 Å². The van der Waals surface area contributed by atoms with E-state index in [1.807, 2.05) is 6.34 Å². The Morgan fingerprint density at radius 2 is 1.09 bits per heavy atom. The average molecular weight is 754 g/mol. The summed E-state index contributed by atoms with van der Waals surface area (Å²) in [6.07, 6.45) is 6.25. The van der Waals surface area contributed by atoms with E-state index in [1.165, 1.54) is 30.5 Å². The average Bonchev–Trinajstić information content (AvgIpc) is 3.63. The number of hydrazone groups is 1. The van der Waals surface area contributed by atoms with Crippen molar-refractivity contribution >= 4 is 43.1 Å². The SMILES string of the molecule is CN1C=CN2[C]1=[Pt]=[C]1N(C)C=NN1c1cccc(c1)N(c1c(-c3ccccc3)cccc1-c1ccccc1)c1cccc2c1. The van der Waals surface area contributed by atoms with Gasteiger partial charge in [0.15, 0.2) is 0 Å². The van der Waals surface area contributed by atoms with Crippen molar-refractivity contribution in [3.8, 4) is 22.3 Å². The van der Waals surface area contributed by atoms with Gasteiger partial charge in [0, 0.05) is 0 Å². The molecule has 3 heterocycles. The first-order valence-electron chi connectivity index (χ1n) is 14.5. The van der Waals surface area contributed by atoms with E-state index in [9.17, 15) is 0 Å². The molecule has 0 unspecified atom stereocenters. The van der Waals surface area contributed by atoms with Gasteiger partial charge < -0.3 is 0 Å². The van der Waals surface area contributed by atoms with Crippen LogP contribution in [0.15, 0.2) is 145 Å². The first kappa shape index (κ1) is 26.6. The van der Waals surface area contributed by atoms with Crippen LogP contribution in [0.2, 0.25) is 0 Å². The molecular weight excluding hydrogens is 724 g/mol. The van der Waals surface area contributed by atoms with Crippen molar-refractivity contribution in [3.05, 3.63) is 140 Å². The van der Waals surface area contributed by atoms with Gasteiger partial charge in [-0.2, -0.15) is 0 Å². The zero-order chi connectivity index (χ0) is 29.6. The van der Waals surface area contributed by atoms with Crippen LogP contribution < -0.4 is 14.8 Å². The van der Waals surface area contributed by atoms with Crippen LogP contribution in [-0.2, 0) is 17.6 Å². The molecule has 0 spiro atoms. The van der Waals surface area contributed by atoms with E-state index in [-0.39, 0.29) is 0 Å². The Morgan fingerprint density at radius 3 is 1.75 bits per heavy atom. The van der Waals surface area contributed by atoms with Crippen molar-refractivity contribution in [1.29, 1.82) is 0 Å². The molecule has 0 aliphatic carbocycles. The third-order valence-corrected chi connectivity index (χ3v) is 11.6. The van der Waals surface area contributed by atoms with E-state index in [1.54, 1.807) is 0 Å². The quantitative estimate of drug-likeness (QED) is 0.189. The molecule has 44 heavy (non-hydrogen) atoms. The fourth-order valence-corrected chi connectivity index (χ4v) is 8.81. The fourth-order valence-electron chi connectivity index (χ4n) is 5.85. The van der Waals surface area contributed by atoms with Crippen molar-refractivity contribution in [1.82, 2.24) is 9.80 Å². The molecule has 6 nitrogen and oxygen atoms in total. The molecule has 0 saturated heterocycles. The van der Waals surface area contributed by atoms with E-state index in [4.69, 9.17) is 5.10 Å². The van der Waals surface area contributed by atoms with Crippen molar-refractivity contribution < 1.29 is 17.6 Å². The Bertz CT molecular complexity index is 1880. The van der Waals surface area contributed by atoms with Crippen molar-refractivity contribution in [2.45, 2.75) is 0 Å². The second-order valence-electron chi connectivity index (χ2n) is 10.8. The van der Waals surface area contributed by atoms with E-state index >= 15 is 0 Å². The van der Waals surface area contributed by atoms with Gasteiger partial charge in [-0.25, -0.2) is 0 Å². The van der Waals surface area contributed by atoms with Crippen LogP contribution in [0, 0.1) is 0 Å². The van der Waals surface area contributed by atoms with Crippen LogP contribution in [0.3, 0.4) is 0 Å². The van der Waals surface area contributed by atoms with Crippen molar-refractivity contribution in [3.63, 3.8) is 0 Å². The third-order valence-electron chi connectivity index (χ3n) is 7.93. The minimum absolute atomic E-state index is 0.590. The monoisotopic (exact) mass is 753 g/mol. The maximum absolute atomic E-state index is 4.87. The number of hydrogen-bond acceptors (Lipinski definition) is 6. The molecule has 0 N–H and O–H groups in total. The Hall–Kier alpha value is -5.06. The molecule has 0 amide bonds. The predicted octanol–water partition coefficient (Wildman–Crippen LogP) is 7.68. The number of fused-ring (bicyclic) bond motifs is 8. The van der Waals surface area contributed by atoms with Gasteiger partial charge in [0.25, 0.3) is 0 Å². The molecule has 5 aromatic rings. The molecule has 3 aliphatic heterocycles. The zero-order valence-corrected chi connectivity index (χ0v) is 26.6. The Kier molecular flexibility index (Phi) is 6.57. The first-order chi connectivity index (χ1) is 21.7. The molecule has 0 atom stereocenters. The number of anilines is 5. The second kappa shape index (κ2) is 10.9. The summed E-state index contributed by atoms with van der Waals surface area (Å²) in [5, 5.41) is 6.99. The summed E-state index contributed by atoms with van der Waals surface area (Å²) in [7, 11) is 4.23. The Balaban J connectivity index is 1.46. The first-order valence-corrected chi connectivity index (χ1v) is 16.8. The predicted molar refractivity (Wildman–Crippen MR) is 180 cm³/mol. The van der Waals surface area contributed by atoms with Gasteiger partial charge >= 0.3 is 267 Å². The van der Waals surface area contributed by atoms with E-state index < -0.39 is 17.6 Å². The summed E-state index contributed by atoms with van der Waals surface area (Å²) in [6.45, 7) is 0. The summed E-state index contributed by atoms with van der Waals surface area (Å²) < 4.78 is 2.48. The van der Waals surface area contributed by atoms with E-state index in [2.05, 4.69) is 178 Å². The molecule has 0 saturated carbocycles. The molecule has 0 aromatic heterocycles. The third kappa shape index (κ3) is 4.50. The number of rotatable bonds is 3. The fraction of sp³-hybridized carbons (Fsp3) is 0.0541. The number of hydrogen-bond donors (Lipinski definition) is 0. The summed E-state index contributed by atoms with van der Waals surface area (Å²) in [5.74, 6) is 0. The van der Waals surface area contributed by atoms with Crippen LogP contribution in [0.4, 0.5) is 28.4 Å². The maximum atomic E-state index is 4.87. The zero-order valence-electron chi connectivity index (χ0n) is 24.4. The minimum atomic E-state index is -0.590. The number of nitrogens with zero attached hydrogens (tertiary/aromatic N) is 6. The molecule has 0 fully saturated rings. The van der Waals surface area contributed by atoms with Gasteiger partial charge in [-0.1, -0.05) is 0 Å². The van der Waals surface area contributed by atoms with Gasteiger partial charge in [0.2, 0.25) is 0 Å². The van der Waals surface area contributed by atoms with Crippen LogP contribution in [0.5, 0.6) is 0 Å². The summed E-state index contributed by atoms with van der Waals surface area (Å²) in [5.41, 5.74) is 10.1. The molecule has 8 rings (SSSR count). The Morgan fingerprint density at radius 1 is 0.523 bits per heavy atom. The molecule has 7 heteroatoms. The summed E-state index contributed by atoms with van der Waals surface area (Å²) >= 11 is -0.590. The van der Waals surface area contributed by atoms with Gasteiger partial charge in [-0.3, -0.25) is 0 Å². The molecule has 218 valence electrons. The van der Waals surface area contributed by atoms with Crippen LogP contribution in [-0.4, -0.2) is 38.5 Å². The van der Waals surface area contributed by atoms with Gasteiger partial charge in [-0.05, 0) is 0 Å². The number of benzene rings is 5.